The fourth-order valence-corrected chi connectivity index (χ4v) is 10.0. The third kappa shape index (κ3) is 10.2. The molecular weight excluding hydrogens is 837 g/mol. The molecule has 7 rings (SSSR count). The molecule has 66 heavy (non-hydrogen) atoms. The number of carbonyl (C=O) groups excluding carboxylic acids is 5. The first-order chi connectivity index (χ1) is 31.5. The summed E-state index contributed by atoms with van der Waals surface area (Å²) in [6.45, 7) is 14.2. The molecule has 3 aliphatic rings. The van der Waals surface area contributed by atoms with Crippen LogP contribution in [0.15, 0.2) is 60.8 Å². The Labute approximate surface area is 388 Å². The van der Waals surface area contributed by atoms with Crippen molar-refractivity contribution in [2.75, 3.05) is 54.0 Å². The van der Waals surface area contributed by atoms with Gasteiger partial charge in [0.15, 0.2) is 0 Å². The van der Waals surface area contributed by atoms with E-state index in [0.717, 1.165) is 50.1 Å². The van der Waals surface area contributed by atoms with Crippen LogP contribution in [0.4, 0.5) is 0 Å². The number of amides is 4. The second kappa shape index (κ2) is 20.5. The monoisotopic (exact) mass is 905 g/mol. The summed E-state index contributed by atoms with van der Waals surface area (Å²) < 4.78 is 14.3. The van der Waals surface area contributed by atoms with Crippen LogP contribution in [0.2, 0.25) is 0 Å². The first kappa shape index (κ1) is 48.3. The number of rotatable bonds is 11. The Morgan fingerprint density at radius 2 is 1.80 bits per heavy atom. The molecule has 0 aliphatic carbocycles. The molecule has 5 heterocycles. The molecule has 3 N–H and O–H groups in total. The van der Waals surface area contributed by atoms with E-state index >= 15 is 0 Å². The number of hydrazine groups is 1. The van der Waals surface area contributed by atoms with Crippen LogP contribution < -0.4 is 16.1 Å². The molecule has 0 radical (unpaired) electrons. The summed E-state index contributed by atoms with van der Waals surface area (Å²) in [7, 11) is 5.02. The van der Waals surface area contributed by atoms with Gasteiger partial charge < -0.3 is 34.5 Å². The Morgan fingerprint density at radius 3 is 2.53 bits per heavy atom. The molecule has 4 amide bonds. The zero-order valence-electron chi connectivity index (χ0n) is 40.1. The highest BCUT2D eigenvalue weighted by molar-refractivity contribution is 5.96. The average molecular weight is 905 g/mol. The number of nitrogens with zero attached hydrogens (tertiary/aromatic N) is 5. The van der Waals surface area contributed by atoms with Gasteiger partial charge >= 0.3 is 5.97 Å². The minimum atomic E-state index is -1.04. The number of esters is 1. The lowest BCUT2D eigenvalue weighted by Gasteiger charge is -2.37. The third-order valence-electron chi connectivity index (χ3n) is 13.5. The molecule has 2 aromatic carbocycles. The zero-order chi connectivity index (χ0) is 47.4. The lowest BCUT2D eigenvalue weighted by molar-refractivity contribution is -0.155. The first-order valence-electron chi connectivity index (χ1n) is 23.5. The van der Waals surface area contributed by atoms with E-state index in [-0.39, 0.29) is 50.0 Å². The SMILES string of the molecule is CCn1c(-c2cccnc2[C@H](C)OC)c2c3cc(ccc31)-c1cccc(c1)C[C@H](NC(=O)C(C(C)C)N(C)C(=O)[C@H]1CCN(C(=O)CNC)C1)C(=O)N1CCC[C@H](N1)C(=O)OCC(C)(C)C2. The summed E-state index contributed by atoms with van der Waals surface area (Å²) in [5, 5.41) is 8.47. The summed E-state index contributed by atoms with van der Waals surface area (Å²) in [6, 6.07) is 15.9. The zero-order valence-corrected chi connectivity index (χ0v) is 40.1. The van der Waals surface area contributed by atoms with Crippen molar-refractivity contribution in [3.8, 4) is 22.4 Å². The molecule has 6 bridgehead atoms. The molecule has 0 saturated carbocycles. The number of hydrogen-bond donors (Lipinski definition) is 3. The number of aryl methyl sites for hydroxylation is 1. The summed E-state index contributed by atoms with van der Waals surface area (Å²) in [6.07, 6.45) is 3.81. The van der Waals surface area contributed by atoms with Gasteiger partial charge in [0.2, 0.25) is 17.7 Å². The molecule has 2 aromatic heterocycles. The van der Waals surface area contributed by atoms with Gasteiger partial charge in [-0.15, -0.1) is 0 Å². The van der Waals surface area contributed by atoms with Gasteiger partial charge in [0.05, 0.1) is 36.6 Å². The highest BCUT2D eigenvalue weighted by atomic mass is 16.5. The number of carbonyl (C=O) groups is 5. The molecule has 354 valence electrons. The van der Waals surface area contributed by atoms with E-state index in [4.69, 9.17) is 14.5 Å². The smallest absolute Gasteiger partial charge is 0.324 e. The number of methoxy groups -OCH3 is 1. The highest BCUT2D eigenvalue weighted by Gasteiger charge is 2.40. The Balaban J connectivity index is 1.28. The van der Waals surface area contributed by atoms with Crippen LogP contribution in [0.25, 0.3) is 33.3 Å². The Kier molecular flexibility index (Phi) is 15.0. The fraction of sp³-hybridized carbons (Fsp3) is 0.529. The van der Waals surface area contributed by atoms with Crippen molar-refractivity contribution in [3.63, 3.8) is 0 Å². The lowest BCUT2D eigenvalue weighted by Crippen LogP contribution is -2.62. The number of fused-ring (bicyclic) bond motifs is 6. The topological polar surface area (TPSA) is 167 Å². The maximum absolute atomic E-state index is 14.7. The van der Waals surface area contributed by atoms with E-state index in [1.54, 1.807) is 32.3 Å². The molecule has 3 aliphatic heterocycles. The Morgan fingerprint density at radius 1 is 1.03 bits per heavy atom. The number of likely N-dealkylation sites (N-methyl/N-ethyl adjacent to an activating group) is 2. The maximum atomic E-state index is 14.7. The quantitative estimate of drug-likeness (QED) is 0.168. The van der Waals surface area contributed by atoms with Gasteiger partial charge in [-0.25, -0.2) is 5.43 Å². The van der Waals surface area contributed by atoms with E-state index in [0.29, 0.717) is 45.3 Å². The molecule has 1 unspecified atom stereocenters. The number of benzene rings is 2. The van der Waals surface area contributed by atoms with Gasteiger partial charge in [-0.2, -0.15) is 0 Å². The van der Waals surface area contributed by atoms with Crippen LogP contribution in [0.5, 0.6) is 0 Å². The van der Waals surface area contributed by atoms with Gasteiger partial charge in [0, 0.05) is 74.8 Å². The van der Waals surface area contributed by atoms with Crippen molar-refractivity contribution in [1.82, 2.24) is 40.4 Å². The molecule has 2 saturated heterocycles. The van der Waals surface area contributed by atoms with Crippen molar-refractivity contribution in [2.24, 2.45) is 17.3 Å². The van der Waals surface area contributed by atoms with E-state index in [1.807, 2.05) is 39.0 Å². The van der Waals surface area contributed by atoms with E-state index in [2.05, 4.69) is 77.8 Å². The maximum Gasteiger partial charge on any atom is 0.324 e. The van der Waals surface area contributed by atoms with Gasteiger partial charge in [0.25, 0.3) is 5.91 Å². The number of nitrogens with one attached hydrogen (secondary N) is 3. The van der Waals surface area contributed by atoms with Crippen molar-refractivity contribution in [1.29, 1.82) is 0 Å². The number of aromatic nitrogens is 2. The van der Waals surface area contributed by atoms with Crippen LogP contribution in [0.3, 0.4) is 0 Å². The molecule has 15 heteroatoms. The van der Waals surface area contributed by atoms with Crippen LogP contribution in [-0.2, 0) is 52.8 Å². The van der Waals surface area contributed by atoms with Gasteiger partial charge in [-0.1, -0.05) is 58.0 Å². The van der Waals surface area contributed by atoms with Crippen LogP contribution in [-0.4, -0.2) is 126 Å². The first-order valence-corrected chi connectivity index (χ1v) is 23.5. The number of ether oxygens (including phenoxy) is 2. The predicted molar refractivity (Wildman–Crippen MR) is 254 cm³/mol. The summed E-state index contributed by atoms with van der Waals surface area (Å²) in [5.41, 5.74) is 10.5. The number of cyclic esters (lactones) is 1. The minimum Gasteiger partial charge on any atom is -0.464 e. The van der Waals surface area contributed by atoms with E-state index in [1.165, 1.54) is 9.91 Å². The summed E-state index contributed by atoms with van der Waals surface area (Å²) in [4.78, 5) is 77.7. The molecular formula is C51H68N8O7. The van der Waals surface area contributed by atoms with Crippen LogP contribution in [0.1, 0.15) is 83.7 Å². The summed E-state index contributed by atoms with van der Waals surface area (Å²) >= 11 is 0. The van der Waals surface area contributed by atoms with E-state index in [9.17, 15) is 24.0 Å². The standard InChI is InChI=1S/C51H68N8O7/c1-10-58-42-19-18-35-26-38(42)39(46(58)37-16-12-21-53-44(37)32(4)65-9)27-51(5,6)30-66-50(64)40-17-13-22-59(55-40)49(63)41(25-33-14-11-15-34(35)24-33)54-47(61)45(31(2)3)56(8)48(62)36-20-23-57(29-36)43(60)28-52-7/h11-12,14-16,18-19,21,24,26,31-32,36,40-41,45,52,55H,10,13,17,20,22-23,25,27-30H2,1-9H3,(H,54,61)/t32-,36-,40-,41-,45?/m0/s1. The average Bonchev–Trinajstić information content (AvgIpc) is 3.92. The molecule has 2 fully saturated rings. The highest BCUT2D eigenvalue weighted by Crippen LogP contribution is 2.42. The van der Waals surface area contributed by atoms with Crippen molar-refractivity contribution < 1.29 is 33.4 Å². The second-order valence-electron chi connectivity index (χ2n) is 19.3. The second-order valence-corrected chi connectivity index (χ2v) is 19.3. The van der Waals surface area contributed by atoms with Crippen molar-refractivity contribution in [2.45, 2.75) is 104 Å². The largest absolute Gasteiger partial charge is 0.464 e. The molecule has 5 atom stereocenters. The predicted octanol–water partition coefficient (Wildman–Crippen LogP) is 5.30. The lowest BCUT2D eigenvalue weighted by atomic mass is 9.84. The van der Waals surface area contributed by atoms with Crippen LogP contribution >= 0.6 is 0 Å². The van der Waals surface area contributed by atoms with Gasteiger partial charge in [0.1, 0.15) is 18.1 Å². The fourth-order valence-electron chi connectivity index (χ4n) is 10.0. The Hall–Kier alpha value is -5.64. The van der Waals surface area contributed by atoms with Crippen LogP contribution in [0, 0.1) is 17.3 Å². The number of likely N-dealkylation sites (tertiary alicyclic amines) is 1. The van der Waals surface area contributed by atoms with E-state index < -0.39 is 47.2 Å². The number of hydrogen-bond acceptors (Lipinski definition) is 10. The van der Waals surface area contributed by atoms with Crippen molar-refractivity contribution >= 4 is 40.5 Å². The van der Waals surface area contributed by atoms with Gasteiger partial charge in [-0.3, -0.25) is 34.0 Å². The normalized spacial score (nSPS) is 21.0. The summed E-state index contributed by atoms with van der Waals surface area (Å²) in [5.74, 6) is -2.34. The van der Waals surface area contributed by atoms with Crippen molar-refractivity contribution in [3.05, 3.63) is 77.6 Å². The third-order valence-corrected chi connectivity index (χ3v) is 13.5. The molecule has 4 aromatic rings. The number of pyridine rings is 1. The Bertz CT molecular complexity index is 2450. The minimum absolute atomic E-state index is 0.0738. The van der Waals surface area contributed by atoms with Gasteiger partial charge in [-0.05, 0) is 99.0 Å². The molecule has 15 nitrogen and oxygen atoms in total. The molecule has 0 spiro atoms.